The summed E-state index contributed by atoms with van der Waals surface area (Å²) >= 11 is 7.67. The van der Waals surface area contributed by atoms with Gasteiger partial charge in [-0.3, -0.25) is 4.98 Å². The molecule has 1 aromatic carbocycles. The van der Waals surface area contributed by atoms with Crippen LogP contribution >= 0.6 is 22.9 Å². The Morgan fingerprint density at radius 3 is 2.94 bits per heavy atom. The first-order valence-corrected chi connectivity index (χ1v) is 7.02. The van der Waals surface area contributed by atoms with Crippen molar-refractivity contribution in [2.24, 2.45) is 0 Å². The Bertz CT molecular complexity index is 481. The molecule has 0 spiro atoms. The number of benzene rings is 1. The van der Waals surface area contributed by atoms with E-state index in [4.69, 9.17) is 11.6 Å². The second-order valence-corrected chi connectivity index (χ2v) is 5.30. The largest absolute Gasteiger partial charge is 0.310 e. The number of rotatable bonds is 5. The third kappa shape index (κ3) is 3.07. The molecule has 0 saturated carbocycles. The number of nitrogens with one attached hydrogen (secondary N) is 1. The molecule has 2 nitrogen and oxygen atoms in total. The molecule has 1 aromatic heterocycles. The topological polar surface area (TPSA) is 24.9 Å². The molecule has 1 heterocycles. The molecule has 0 amide bonds. The van der Waals surface area contributed by atoms with Crippen molar-refractivity contribution in [3.8, 4) is 0 Å². The number of halogens is 2. The molecule has 5 heteroatoms. The van der Waals surface area contributed by atoms with Gasteiger partial charge in [0, 0.05) is 34.1 Å². The average Bonchev–Trinajstić information content (AvgIpc) is 2.82. The van der Waals surface area contributed by atoms with Crippen LogP contribution in [0.15, 0.2) is 29.9 Å². The molecule has 0 aliphatic heterocycles. The maximum atomic E-state index is 13.9. The van der Waals surface area contributed by atoms with Gasteiger partial charge in [-0.15, -0.1) is 11.3 Å². The Morgan fingerprint density at radius 2 is 2.33 bits per heavy atom. The van der Waals surface area contributed by atoms with Gasteiger partial charge in [0.1, 0.15) is 5.82 Å². The van der Waals surface area contributed by atoms with Crippen molar-refractivity contribution in [1.29, 1.82) is 0 Å². The van der Waals surface area contributed by atoms with Crippen LogP contribution in [0.5, 0.6) is 0 Å². The van der Waals surface area contributed by atoms with Crippen LogP contribution in [-0.2, 0) is 6.42 Å². The Balaban J connectivity index is 2.29. The Hall–Kier alpha value is -0.970. The lowest BCUT2D eigenvalue weighted by molar-refractivity contribution is 0.512. The summed E-state index contributed by atoms with van der Waals surface area (Å²) in [7, 11) is 0. The minimum absolute atomic E-state index is 0.121. The first-order valence-electron chi connectivity index (χ1n) is 5.77. The second kappa shape index (κ2) is 6.27. The number of aromatic nitrogens is 1. The van der Waals surface area contributed by atoms with Crippen LogP contribution in [0.25, 0.3) is 0 Å². The number of hydrogen-bond acceptors (Lipinski definition) is 3. The summed E-state index contributed by atoms with van der Waals surface area (Å²) in [6.45, 7) is 2.75. The fraction of sp³-hybridized carbons (Fsp3) is 0.308. The standard InChI is InChI=1S/C13H14ClFN2S/c1-2-17-12(6-9-7-16-8-18-9)13-10(14)4-3-5-11(13)15/h3-5,7-8,12,17H,2,6H2,1H3. The molecule has 0 fully saturated rings. The van der Waals surface area contributed by atoms with Crippen LogP contribution in [0.1, 0.15) is 23.4 Å². The molecule has 0 radical (unpaired) electrons. The summed E-state index contributed by atoms with van der Waals surface area (Å²) in [5, 5.41) is 3.74. The van der Waals surface area contributed by atoms with E-state index in [0.717, 1.165) is 11.4 Å². The number of thiazole rings is 1. The molecule has 0 aliphatic carbocycles. The van der Waals surface area contributed by atoms with Gasteiger partial charge in [-0.1, -0.05) is 24.6 Å². The van der Waals surface area contributed by atoms with Crippen LogP contribution < -0.4 is 5.32 Å². The summed E-state index contributed by atoms with van der Waals surface area (Å²) in [5.41, 5.74) is 2.32. The van der Waals surface area contributed by atoms with Crippen molar-refractivity contribution in [3.05, 3.63) is 51.2 Å². The van der Waals surface area contributed by atoms with Crippen LogP contribution in [0.2, 0.25) is 5.02 Å². The highest BCUT2D eigenvalue weighted by Crippen LogP contribution is 2.29. The first-order chi connectivity index (χ1) is 8.72. The quantitative estimate of drug-likeness (QED) is 0.903. The highest BCUT2D eigenvalue weighted by molar-refractivity contribution is 7.09. The van der Waals surface area contributed by atoms with Crippen molar-refractivity contribution in [1.82, 2.24) is 10.3 Å². The smallest absolute Gasteiger partial charge is 0.129 e. The van der Waals surface area contributed by atoms with E-state index in [1.807, 2.05) is 13.1 Å². The first kappa shape index (κ1) is 13.5. The molecule has 0 saturated heterocycles. The average molecular weight is 285 g/mol. The SMILES string of the molecule is CCNC(Cc1cncs1)c1c(F)cccc1Cl. The highest BCUT2D eigenvalue weighted by atomic mass is 35.5. The summed E-state index contributed by atoms with van der Waals surface area (Å²) in [5.74, 6) is -0.266. The van der Waals surface area contributed by atoms with Gasteiger partial charge in [0.2, 0.25) is 0 Å². The Labute approximate surface area is 115 Å². The minimum Gasteiger partial charge on any atom is -0.310 e. The van der Waals surface area contributed by atoms with Gasteiger partial charge in [-0.25, -0.2) is 4.39 Å². The van der Waals surface area contributed by atoms with Crippen molar-refractivity contribution in [2.75, 3.05) is 6.54 Å². The van der Waals surface area contributed by atoms with Gasteiger partial charge in [-0.2, -0.15) is 0 Å². The van der Waals surface area contributed by atoms with Crippen molar-refractivity contribution in [2.45, 2.75) is 19.4 Å². The lowest BCUT2D eigenvalue weighted by Gasteiger charge is -2.19. The van der Waals surface area contributed by atoms with Gasteiger partial charge in [0.05, 0.1) is 5.51 Å². The molecule has 2 rings (SSSR count). The van der Waals surface area contributed by atoms with Crippen LogP contribution in [-0.4, -0.2) is 11.5 Å². The van der Waals surface area contributed by atoms with E-state index < -0.39 is 0 Å². The molecular weight excluding hydrogens is 271 g/mol. The van der Waals surface area contributed by atoms with Gasteiger partial charge in [0.25, 0.3) is 0 Å². The molecule has 18 heavy (non-hydrogen) atoms. The Morgan fingerprint density at radius 1 is 1.50 bits per heavy atom. The second-order valence-electron chi connectivity index (χ2n) is 3.92. The summed E-state index contributed by atoms with van der Waals surface area (Å²) in [6.07, 6.45) is 2.50. The van der Waals surface area contributed by atoms with E-state index in [1.54, 1.807) is 29.0 Å². The van der Waals surface area contributed by atoms with Crippen molar-refractivity contribution in [3.63, 3.8) is 0 Å². The third-order valence-corrected chi connectivity index (χ3v) is 3.82. The van der Waals surface area contributed by atoms with E-state index in [-0.39, 0.29) is 11.9 Å². The monoisotopic (exact) mass is 284 g/mol. The zero-order valence-corrected chi connectivity index (χ0v) is 11.6. The summed E-state index contributed by atoms with van der Waals surface area (Å²) in [6, 6.07) is 4.66. The van der Waals surface area contributed by atoms with Crippen molar-refractivity contribution >= 4 is 22.9 Å². The predicted octanol–water partition coefficient (Wildman–Crippen LogP) is 3.83. The Kier molecular flexibility index (Phi) is 4.69. The fourth-order valence-corrected chi connectivity index (χ4v) is 2.85. The van der Waals surface area contributed by atoms with Gasteiger partial charge < -0.3 is 5.32 Å². The normalized spacial score (nSPS) is 12.6. The third-order valence-electron chi connectivity index (χ3n) is 2.69. The van der Waals surface area contributed by atoms with E-state index in [1.165, 1.54) is 6.07 Å². The number of likely N-dealkylation sites (N-methyl/N-ethyl adjacent to an activating group) is 1. The maximum absolute atomic E-state index is 13.9. The van der Waals surface area contributed by atoms with E-state index in [9.17, 15) is 4.39 Å². The van der Waals surface area contributed by atoms with Crippen LogP contribution in [0, 0.1) is 5.82 Å². The summed E-state index contributed by atoms with van der Waals surface area (Å²) < 4.78 is 13.9. The number of nitrogens with zero attached hydrogens (tertiary/aromatic N) is 1. The fourth-order valence-electron chi connectivity index (χ4n) is 1.91. The van der Waals surface area contributed by atoms with Gasteiger partial charge in [-0.05, 0) is 18.7 Å². The van der Waals surface area contributed by atoms with Crippen LogP contribution in [0.3, 0.4) is 0 Å². The molecule has 0 aliphatic rings. The predicted molar refractivity (Wildman–Crippen MR) is 73.6 cm³/mol. The van der Waals surface area contributed by atoms with Gasteiger partial charge >= 0.3 is 0 Å². The van der Waals surface area contributed by atoms with E-state index >= 15 is 0 Å². The van der Waals surface area contributed by atoms with Crippen LogP contribution in [0.4, 0.5) is 4.39 Å². The minimum atomic E-state index is -0.266. The van der Waals surface area contributed by atoms with E-state index in [0.29, 0.717) is 17.0 Å². The molecule has 96 valence electrons. The number of hydrogen-bond donors (Lipinski definition) is 1. The molecule has 1 atom stereocenters. The summed E-state index contributed by atoms with van der Waals surface area (Å²) in [4.78, 5) is 5.15. The molecule has 0 bridgehead atoms. The molecule has 1 N–H and O–H groups in total. The van der Waals surface area contributed by atoms with Gasteiger partial charge in [0.15, 0.2) is 0 Å². The molecular formula is C13H14ClFN2S. The lowest BCUT2D eigenvalue weighted by Crippen LogP contribution is -2.24. The van der Waals surface area contributed by atoms with E-state index in [2.05, 4.69) is 10.3 Å². The molecule has 1 unspecified atom stereocenters. The molecule has 2 aromatic rings. The van der Waals surface area contributed by atoms with Crippen molar-refractivity contribution < 1.29 is 4.39 Å². The highest BCUT2D eigenvalue weighted by Gasteiger charge is 2.19. The maximum Gasteiger partial charge on any atom is 0.129 e. The lowest BCUT2D eigenvalue weighted by atomic mass is 10.0. The zero-order valence-electron chi connectivity index (χ0n) is 9.99. The zero-order chi connectivity index (χ0) is 13.0.